The minimum atomic E-state index is -0.338. The molecule has 0 amide bonds. The van der Waals surface area contributed by atoms with E-state index in [1.807, 2.05) is 36.4 Å². The first-order valence-electron chi connectivity index (χ1n) is 5.58. The van der Waals surface area contributed by atoms with Gasteiger partial charge in [0.2, 0.25) is 0 Å². The first-order valence-corrected chi connectivity index (χ1v) is 5.58. The molecule has 3 nitrogen and oxygen atoms in total. The predicted molar refractivity (Wildman–Crippen MR) is 73.1 cm³/mol. The Morgan fingerprint density at radius 1 is 1.11 bits per heavy atom. The van der Waals surface area contributed by atoms with Crippen molar-refractivity contribution < 1.29 is 14.6 Å². The van der Waals surface area contributed by atoms with Crippen LogP contribution in [-0.2, 0) is 4.74 Å². The van der Waals surface area contributed by atoms with E-state index in [1.165, 1.54) is 0 Å². The molecule has 2 aromatic rings. The van der Waals surface area contributed by atoms with Crippen molar-refractivity contribution in [3.8, 4) is 0 Å². The van der Waals surface area contributed by atoms with Crippen LogP contribution in [0.5, 0.6) is 0 Å². The van der Waals surface area contributed by atoms with E-state index in [0.29, 0.717) is 12.0 Å². The fraction of sp³-hybridized carbons (Fsp3) is 0.214. The van der Waals surface area contributed by atoms with Crippen LogP contribution in [0.1, 0.15) is 16.8 Å². The van der Waals surface area contributed by atoms with Gasteiger partial charge in [-0.1, -0.05) is 36.4 Å². The molecule has 1 N–H and O–H groups in total. The van der Waals surface area contributed by atoms with Gasteiger partial charge in [-0.2, -0.15) is 0 Å². The van der Waals surface area contributed by atoms with Crippen LogP contribution in [0, 0.1) is 0 Å². The third-order valence-corrected chi connectivity index (χ3v) is 2.55. The number of carbonyl (C=O) groups excluding carboxylic acids is 1. The summed E-state index contributed by atoms with van der Waals surface area (Å²) in [5.41, 5.74) is 0.570. The molecule has 0 atom stereocenters. The third kappa shape index (κ3) is 3.56. The van der Waals surface area contributed by atoms with E-state index >= 15 is 0 Å². The number of aliphatic hydroxyl groups excluding tert-OH is 1. The maximum atomic E-state index is 11.8. The standard InChI is InChI=1S/C14H14O3.Na.H/c15-9-4-10-17-14(16)13-8-3-6-11-5-1-2-7-12(11)13;;/h1-3,5-8,15H,4,9-10H2;;. The first-order chi connectivity index (χ1) is 8.33. The van der Waals surface area contributed by atoms with Crippen molar-refractivity contribution in [3.63, 3.8) is 0 Å². The zero-order valence-electron chi connectivity index (χ0n) is 9.43. The minimum absolute atomic E-state index is 0. The molecule has 0 radical (unpaired) electrons. The van der Waals surface area contributed by atoms with Crippen LogP contribution in [0.3, 0.4) is 0 Å². The van der Waals surface area contributed by atoms with Gasteiger partial charge in [0.05, 0.1) is 12.2 Å². The van der Waals surface area contributed by atoms with Gasteiger partial charge in [-0.05, 0) is 16.8 Å². The number of hydrogen-bond acceptors (Lipinski definition) is 3. The molecule has 0 bridgehead atoms. The number of benzene rings is 2. The molecule has 0 aliphatic rings. The van der Waals surface area contributed by atoms with Crippen LogP contribution >= 0.6 is 0 Å². The van der Waals surface area contributed by atoms with Crippen molar-refractivity contribution in [3.05, 3.63) is 48.0 Å². The number of esters is 1. The Morgan fingerprint density at radius 2 is 1.83 bits per heavy atom. The van der Waals surface area contributed by atoms with Gasteiger partial charge in [0.25, 0.3) is 0 Å². The molecule has 2 rings (SSSR count). The molecule has 0 aliphatic carbocycles. The predicted octanol–water partition coefficient (Wildman–Crippen LogP) is 1.73. The van der Waals surface area contributed by atoms with Crippen molar-refractivity contribution in [1.82, 2.24) is 0 Å². The Hall–Kier alpha value is -0.870. The van der Waals surface area contributed by atoms with Crippen LogP contribution in [-0.4, -0.2) is 53.8 Å². The summed E-state index contributed by atoms with van der Waals surface area (Å²) in [6.45, 7) is 0.279. The Labute approximate surface area is 128 Å². The van der Waals surface area contributed by atoms with E-state index in [9.17, 15) is 4.79 Å². The Kier molecular flexibility index (Phi) is 6.36. The van der Waals surface area contributed by atoms with E-state index in [4.69, 9.17) is 9.84 Å². The molecule has 90 valence electrons. The van der Waals surface area contributed by atoms with Crippen molar-refractivity contribution in [2.75, 3.05) is 13.2 Å². The summed E-state index contributed by atoms with van der Waals surface area (Å²) in [5.74, 6) is -0.338. The monoisotopic (exact) mass is 254 g/mol. The number of rotatable bonds is 4. The summed E-state index contributed by atoms with van der Waals surface area (Å²) < 4.78 is 5.08. The quantitative estimate of drug-likeness (QED) is 0.513. The van der Waals surface area contributed by atoms with Crippen LogP contribution in [0.2, 0.25) is 0 Å². The molecule has 2 aromatic carbocycles. The van der Waals surface area contributed by atoms with Crippen LogP contribution in [0.4, 0.5) is 0 Å². The Morgan fingerprint density at radius 3 is 2.61 bits per heavy atom. The van der Waals surface area contributed by atoms with Crippen molar-refractivity contribution in [1.29, 1.82) is 0 Å². The summed E-state index contributed by atoms with van der Waals surface area (Å²) >= 11 is 0. The van der Waals surface area contributed by atoms with Gasteiger partial charge in [0.15, 0.2) is 0 Å². The van der Waals surface area contributed by atoms with E-state index in [1.54, 1.807) is 6.07 Å². The zero-order chi connectivity index (χ0) is 12.1. The van der Waals surface area contributed by atoms with E-state index in [-0.39, 0.29) is 48.7 Å². The SMILES string of the molecule is O=C(OCCCO)c1cccc2ccccc12.[NaH]. The van der Waals surface area contributed by atoms with Gasteiger partial charge >= 0.3 is 35.5 Å². The van der Waals surface area contributed by atoms with Gasteiger partial charge < -0.3 is 9.84 Å². The summed E-state index contributed by atoms with van der Waals surface area (Å²) in [6, 6.07) is 13.2. The van der Waals surface area contributed by atoms with E-state index in [0.717, 1.165) is 10.8 Å². The normalized spacial score (nSPS) is 9.83. The van der Waals surface area contributed by atoms with Crippen LogP contribution in [0.15, 0.2) is 42.5 Å². The van der Waals surface area contributed by atoms with Gasteiger partial charge in [0.1, 0.15) is 0 Å². The molecule has 0 fully saturated rings. The molecule has 0 spiro atoms. The second kappa shape index (κ2) is 7.54. The summed E-state index contributed by atoms with van der Waals surface area (Å²) in [4.78, 5) is 11.8. The van der Waals surface area contributed by atoms with Gasteiger partial charge in [-0.3, -0.25) is 0 Å². The second-order valence-corrected chi connectivity index (χ2v) is 3.74. The molecule has 0 unspecified atom stereocenters. The molecular weight excluding hydrogens is 239 g/mol. The average molecular weight is 254 g/mol. The number of ether oxygens (including phenoxy) is 1. The molecule has 4 heteroatoms. The van der Waals surface area contributed by atoms with Crippen LogP contribution < -0.4 is 0 Å². The van der Waals surface area contributed by atoms with Gasteiger partial charge in [-0.25, -0.2) is 4.79 Å². The van der Waals surface area contributed by atoms with Crippen molar-refractivity contribution in [2.24, 2.45) is 0 Å². The van der Waals surface area contributed by atoms with E-state index in [2.05, 4.69) is 0 Å². The molecular formula is C14H15NaO3. The summed E-state index contributed by atoms with van der Waals surface area (Å²) in [7, 11) is 0. The first kappa shape index (κ1) is 15.2. The number of carbonyl (C=O) groups is 1. The number of aliphatic hydroxyl groups is 1. The average Bonchev–Trinajstić information content (AvgIpc) is 2.38. The molecule has 0 aliphatic heterocycles. The fourth-order valence-corrected chi connectivity index (χ4v) is 1.71. The molecule has 0 aromatic heterocycles. The second-order valence-electron chi connectivity index (χ2n) is 3.74. The topological polar surface area (TPSA) is 46.5 Å². The van der Waals surface area contributed by atoms with Crippen molar-refractivity contribution in [2.45, 2.75) is 6.42 Å². The zero-order valence-corrected chi connectivity index (χ0v) is 9.43. The molecule has 0 saturated carbocycles. The Bertz CT molecular complexity index is 520. The number of hydrogen-bond donors (Lipinski definition) is 1. The fourth-order valence-electron chi connectivity index (χ4n) is 1.71. The number of fused-ring (bicyclic) bond motifs is 1. The molecule has 0 saturated heterocycles. The summed E-state index contributed by atoms with van der Waals surface area (Å²) in [6.07, 6.45) is 0.469. The summed E-state index contributed by atoms with van der Waals surface area (Å²) in [5, 5.41) is 10.5. The third-order valence-electron chi connectivity index (χ3n) is 2.55. The maximum absolute atomic E-state index is 11.8. The Balaban J connectivity index is 0.00000162. The van der Waals surface area contributed by atoms with Crippen molar-refractivity contribution >= 4 is 46.3 Å². The van der Waals surface area contributed by atoms with Crippen LogP contribution in [0.25, 0.3) is 10.8 Å². The van der Waals surface area contributed by atoms with Gasteiger partial charge in [-0.15, -0.1) is 0 Å². The van der Waals surface area contributed by atoms with Gasteiger partial charge in [0, 0.05) is 13.0 Å². The molecule has 18 heavy (non-hydrogen) atoms. The van der Waals surface area contributed by atoms with E-state index < -0.39 is 0 Å². The molecule has 0 heterocycles.